The summed E-state index contributed by atoms with van der Waals surface area (Å²) in [5, 5.41) is 3.34. The van der Waals surface area contributed by atoms with Crippen molar-refractivity contribution < 1.29 is 9.53 Å². The molecule has 1 N–H and O–H groups in total. The van der Waals surface area contributed by atoms with Crippen LogP contribution in [0.5, 0.6) is 5.75 Å². The van der Waals surface area contributed by atoms with Gasteiger partial charge < -0.3 is 9.64 Å². The first kappa shape index (κ1) is 20.1. The molecule has 0 atom stereocenters. The smallest absolute Gasteiger partial charge is 0.250 e. The number of nitrogens with one attached hydrogen (secondary N) is 1. The largest absolute Gasteiger partial charge is 0.497 e. The van der Waals surface area contributed by atoms with E-state index in [-0.39, 0.29) is 5.91 Å². The molecule has 1 amide bonds. The number of thiocarbonyl (C=S) groups is 1. The van der Waals surface area contributed by atoms with Crippen LogP contribution >= 0.6 is 12.2 Å². The van der Waals surface area contributed by atoms with Gasteiger partial charge in [-0.2, -0.15) is 0 Å². The minimum Gasteiger partial charge on any atom is -0.497 e. The lowest BCUT2D eigenvalue weighted by Crippen LogP contribution is -2.44. The molecule has 4 nitrogen and oxygen atoms in total. The summed E-state index contributed by atoms with van der Waals surface area (Å²) >= 11 is 5.55. The molecule has 0 spiro atoms. The zero-order valence-corrected chi connectivity index (χ0v) is 17.0. The van der Waals surface area contributed by atoms with Crippen LogP contribution in [-0.2, 0) is 11.3 Å². The molecule has 0 saturated heterocycles. The lowest BCUT2D eigenvalue weighted by atomic mass is 9.85. The van der Waals surface area contributed by atoms with E-state index in [9.17, 15) is 4.79 Å². The zero-order valence-electron chi connectivity index (χ0n) is 16.1. The number of hydrogen-bond acceptors (Lipinski definition) is 3. The standard InChI is InChI=1S/C23H26N2O2S/c1-27-21-13-10-18(11-14-21)12-15-22(26)24-23(28)25(17-20-8-5-9-20)16-19-6-3-2-4-7-19/h2-4,6-7,10-15,20H,5,8-9,16-17H2,1H3,(H,24,26,28)/b15-12+. The highest BCUT2D eigenvalue weighted by Crippen LogP contribution is 2.27. The second-order valence-electron chi connectivity index (χ2n) is 7.06. The third-order valence-electron chi connectivity index (χ3n) is 4.98. The number of benzene rings is 2. The molecule has 0 unspecified atom stereocenters. The monoisotopic (exact) mass is 394 g/mol. The average molecular weight is 395 g/mol. The number of rotatable bonds is 7. The Morgan fingerprint density at radius 1 is 1.18 bits per heavy atom. The fraction of sp³-hybridized carbons (Fsp3) is 0.304. The van der Waals surface area contributed by atoms with E-state index in [1.165, 1.54) is 30.9 Å². The minimum atomic E-state index is -0.215. The average Bonchev–Trinajstić information content (AvgIpc) is 2.69. The topological polar surface area (TPSA) is 41.6 Å². The molecule has 3 rings (SSSR count). The van der Waals surface area contributed by atoms with E-state index in [0.717, 1.165) is 17.9 Å². The number of nitrogens with zero attached hydrogens (tertiary/aromatic N) is 1. The molecule has 0 bridgehead atoms. The van der Waals surface area contributed by atoms with Crippen molar-refractivity contribution in [2.24, 2.45) is 5.92 Å². The fourth-order valence-corrected chi connectivity index (χ4v) is 3.36. The van der Waals surface area contributed by atoms with Crippen molar-refractivity contribution in [3.8, 4) is 5.75 Å². The Kier molecular flexibility index (Phi) is 7.20. The van der Waals surface area contributed by atoms with Crippen molar-refractivity contribution in [1.82, 2.24) is 10.2 Å². The molecular formula is C23H26N2O2S. The maximum absolute atomic E-state index is 12.3. The Hall–Kier alpha value is -2.66. The van der Waals surface area contributed by atoms with Crippen LogP contribution < -0.4 is 10.1 Å². The molecule has 2 aromatic carbocycles. The van der Waals surface area contributed by atoms with Gasteiger partial charge in [-0.3, -0.25) is 10.1 Å². The third kappa shape index (κ3) is 5.92. The Morgan fingerprint density at radius 2 is 1.89 bits per heavy atom. The Balaban J connectivity index is 1.59. The van der Waals surface area contributed by atoms with Gasteiger partial charge in [0.25, 0.3) is 0 Å². The minimum absolute atomic E-state index is 0.215. The highest BCUT2D eigenvalue weighted by molar-refractivity contribution is 7.80. The fourth-order valence-electron chi connectivity index (χ4n) is 3.12. The SMILES string of the molecule is COc1ccc(/C=C/C(=O)NC(=S)N(Cc2ccccc2)CC2CCC2)cc1. The predicted octanol–water partition coefficient (Wildman–Crippen LogP) is 4.41. The lowest BCUT2D eigenvalue weighted by molar-refractivity contribution is -0.115. The number of carbonyl (C=O) groups excluding carboxylic acids is 1. The molecule has 1 fully saturated rings. The lowest BCUT2D eigenvalue weighted by Gasteiger charge is -2.33. The number of carbonyl (C=O) groups is 1. The Bertz CT molecular complexity index is 814. The van der Waals surface area contributed by atoms with Crippen LogP contribution in [0.15, 0.2) is 60.7 Å². The second kappa shape index (κ2) is 10.0. The van der Waals surface area contributed by atoms with Crippen LogP contribution in [0, 0.1) is 5.92 Å². The van der Waals surface area contributed by atoms with Gasteiger partial charge in [0, 0.05) is 19.2 Å². The van der Waals surface area contributed by atoms with E-state index in [2.05, 4.69) is 22.3 Å². The molecule has 1 aliphatic carbocycles. The van der Waals surface area contributed by atoms with E-state index < -0.39 is 0 Å². The molecule has 146 valence electrons. The molecule has 5 heteroatoms. The number of hydrogen-bond donors (Lipinski definition) is 1. The van der Waals surface area contributed by atoms with Crippen LogP contribution in [0.25, 0.3) is 6.08 Å². The Labute approximate surface area is 172 Å². The first-order chi connectivity index (χ1) is 13.6. The van der Waals surface area contributed by atoms with E-state index in [1.807, 2.05) is 42.5 Å². The molecule has 0 heterocycles. The summed E-state index contributed by atoms with van der Waals surface area (Å²) in [5.74, 6) is 1.23. The molecule has 2 aromatic rings. The van der Waals surface area contributed by atoms with Crippen molar-refractivity contribution in [2.75, 3.05) is 13.7 Å². The van der Waals surface area contributed by atoms with Crippen LogP contribution in [0.2, 0.25) is 0 Å². The Morgan fingerprint density at radius 3 is 2.50 bits per heavy atom. The normalized spacial score (nSPS) is 13.8. The molecule has 28 heavy (non-hydrogen) atoms. The van der Waals surface area contributed by atoms with E-state index in [4.69, 9.17) is 17.0 Å². The van der Waals surface area contributed by atoms with Gasteiger partial charge in [0.1, 0.15) is 5.75 Å². The zero-order chi connectivity index (χ0) is 19.8. The first-order valence-corrected chi connectivity index (χ1v) is 10.0. The van der Waals surface area contributed by atoms with Crippen molar-refractivity contribution in [3.05, 3.63) is 71.8 Å². The number of ether oxygens (including phenoxy) is 1. The van der Waals surface area contributed by atoms with Crippen LogP contribution in [0.1, 0.15) is 30.4 Å². The third-order valence-corrected chi connectivity index (χ3v) is 5.34. The van der Waals surface area contributed by atoms with Crippen molar-refractivity contribution in [1.29, 1.82) is 0 Å². The van der Waals surface area contributed by atoms with Gasteiger partial charge in [-0.15, -0.1) is 0 Å². The van der Waals surface area contributed by atoms with Gasteiger partial charge in [0.15, 0.2) is 5.11 Å². The van der Waals surface area contributed by atoms with Crippen LogP contribution in [0.4, 0.5) is 0 Å². The first-order valence-electron chi connectivity index (χ1n) is 9.60. The van der Waals surface area contributed by atoms with Gasteiger partial charge in [-0.25, -0.2) is 0 Å². The quantitative estimate of drug-likeness (QED) is 0.558. The highest BCUT2D eigenvalue weighted by Gasteiger charge is 2.22. The summed E-state index contributed by atoms with van der Waals surface area (Å²) in [6.45, 7) is 1.59. The van der Waals surface area contributed by atoms with E-state index in [1.54, 1.807) is 13.2 Å². The van der Waals surface area contributed by atoms with Gasteiger partial charge >= 0.3 is 0 Å². The van der Waals surface area contributed by atoms with Gasteiger partial charge in [-0.1, -0.05) is 48.9 Å². The molecule has 0 aliphatic heterocycles. The molecular weight excluding hydrogens is 368 g/mol. The summed E-state index contributed by atoms with van der Waals surface area (Å²) < 4.78 is 5.14. The summed E-state index contributed by atoms with van der Waals surface area (Å²) in [6.07, 6.45) is 7.04. The predicted molar refractivity (Wildman–Crippen MR) is 117 cm³/mol. The van der Waals surface area contributed by atoms with E-state index >= 15 is 0 Å². The van der Waals surface area contributed by atoms with Crippen molar-refractivity contribution in [2.45, 2.75) is 25.8 Å². The highest BCUT2D eigenvalue weighted by atomic mass is 32.1. The maximum Gasteiger partial charge on any atom is 0.250 e. The number of methoxy groups -OCH3 is 1. The van der Waals surface area contributed by atoms with Crippen LogP contribution in [-0.4, -0.2) is 29.6 Å². The number of amides is 1. The second-order valence-corrected chi connectivity index (χ2v) is 7.45. The summed E-state index contributed by atoms with van der Waals surface area (Å²) in [5.41, 5.74) is 2.12. The van der Waals surface area contributed by atoms with Gasteiger partial charge in [0.05, 0.1) is 7.11 Å². The summed E-state index contributed by atoms with van der Waals surface area (Å²) in [7, 11) is 1.63. The van der Waals surface area contributed by atoms with Gasteiger partial charge in [0.2, 0.25) is 5.91 Å². The van der Waals surface area contributed by atoms with Gasteiger partial charge in [-0.05, 0) is 60.3 Å². The molecule has 0 aromatic heterocycles. The van der Waals surface area contributed by atoms with E-state index in [0.29, 0.717) is 17.6 Å². The summed E-state index contributed by atoms with van der Waals surface area (Å²) in [4.78, 5) is 14.4. The maximum atomic E-state index is 12.3. The molecule has 1 aliphatic rings. The molecule has 0 radical (unpaired) electrons. The summed E-state index contributed by atoms with van der Waals surface area (Å²) in [6, 6.07) is 17.8. The van der Waals surface area contributed by atoms with Crippen molar-refractivity contribution in [3.63, 3.8) is 0 Å². The van der Waals surface area contributed by atoms with Crippen molar-refractivity contribution >= 4 is 29.3 Å². The molecule has 1 saturated carbocycles. The van der Waals surface area contributed by atoms with Crippen LogP contribution in [0.3, 0.4) is 0 Å².